The van der Waals surface area contributed by atoms with Crippen LogP contribution in [0, 0.1) is 0 Å². The van der Waals surface area contributed by atoms with Gasteiger partial charge in [-0.05, 0) is 24.6 Å². The van der Waals surface area contributed by atoms with Crippen molar-refractivity contribution in [2.75, 3.05) is 0 Å². The number of amides is 2. The Bertz CT molecular complexity index is 960. The van der Waals surface area contributed by atoms with Gasteiger partial charge in [0.2, 0.25) is 5.91 Å². The van der Waals surface area contributed by atoms with Gasteiger partial charge < -0.3 is 15.6 Å². The zero-order chi connectivity index (χ0) is 16.8. The van der Waals surface area contributed by atoms with Crippen molar-refractivity contribution in [2.24, 2.45) is 5.73 Å². The molecule has 0 radical (unpaired) electrons. The van der Waals surface area contributed by atoms with Gasteiger partial charge in [-0.3, -0.25) is 9.59 Å². The molecule has 5 nitrogen and oxygen atoms in total. The highest BCUT2D eigenvalue weighted by Crippen LogP contribution is 2.42. The number of fused-ring (bicyclic) bond motifs is 2. The van der Waals surface area contributed by atoms with Crippen LogP contribution in [-0.2, 0) is 4.79 Å². The lowest BCUT2D eigenvalue weighted by Crippen LogP contribution is -2.44. The van der Waals surface area contributed by atoms with Crippen LogP contribution in [0.5, 0.6) is 0 Å². The SMILES string of the molecule is CC(C(N)=O)N1C(=O)c2ccccc2C1c1c[nH]c2ccccc12. The van der Waals surface area contributed by atoms with Crippen molar-refractivity contribution < 1.29 is 9.59 Å². The predicted molar refractivity (Wildman–Crippen MR) is 91.4 cm³/mol. The van der Waals surface area contributed by atoms with Crippen molar-refractivity contribution >= 4 is 22.7 Å². The fraction of sp³-hybridized carbons (Fsp3) is 0.158. The molecule has 0 spiro atoms. The molecule has 4 rings (SSSR count). The molecule has 0 saturated carbocycles. The summed E-state index contributed by atoms with van der Waals surface area (Å²) in [7, 11) is 0. The largest absolute Gasteiger partial charge is 0.368 e. The molecule has 0 fully saturated rings. The molecule has 120 valence electrons. The molecule has 1 aliphatic heterocycles. The number of nitrogens with one attached hydrogen (secondary N) is 1. The van der Waals surface area contributed by atoms with Crippen LogP contribution in [0.4, 0.5) is 0 Å². The summed E-state index contributed by atoms with van der Waals surface area (Å²) in [5, 5.41) is 1.04. The topological polar surface area (TPSA) is 79.2 Å². The van der Waals surface area contributed by atoms with Crippen molar-refractivity contribution in [1.29, 1.82) is 0 Å². The molecule has 2 aromatic carbocycles. The van der Waals surface area contributed by atoms with E-state index in [4.69, 9.17) is 5.73 Å². The van der Waals surface area contributed by atoms with Crippen LogP contribution in [0.15, 0.2) is 54.7 Å². The van der Waals surface area contributed by atoms with Gasteiger partial charge in [0.15, 0.2) is 0 Å². The number of hydrogen-bond acceptors (Lipinski definition) is 2. The lowest BCUT2D eigenvalue weighted by atomic mass is 9.97. The number of hydrogen-bond donors (Lipinski definition) is 2. The van der Waals surface area contributed by atoms with E-state index >= 15 is 0 Å². The average molecular weight is 319 g/mol. The maximum atomic E-state index is 12.9. The number of primary amides is 1. The van der Waals surface area contributed by atoms with Gasteiger partial charge in [-0.15, -0.1) is 0 Å². The van der Waals surface area contributed by atoms with Gasteiger partial charge in [0.1, 0.15) is 6.04 Å². The van der Waals surface area contributed by atoms with Gasteiger partial charge in [-0.1, -0.05) is 36.4 Å². The standard InChI is InChI=1S/C19H17N3O2/c1-11(18(20)23)22-17(13-7-2-3-8-14(13)19(22)24)15-10-21-16-9-5-4-6-12(15)16/h2-11,17,21H,1H3,(H2,20,23). The van der Waals surface area contributed by atoms with Crippen molar-refractivity contribution in [1.82, 2.24) is 9.88 Å². The normalized spacial score (nSPS) is 18.0. The minimum absolute atomic E-state index is 0.160. The maximum absolute atomic E-state index is 12.9. The number of para-hydroxylation sites is 1. The van der Waals surface area contributed by atoms with Crippen LogP contribution in [0.2, 0.25) is 0 Å². The van der Waals surface area contributed by atoms with Gasteiger partial charge in [0.05, 0.1) is 6.04 Å². The Morgan fingerprint density at radius 3 is 2.62 bits per heavy atom. The van der Waals surface area contributed by atoms with Crippen LogP contribution in [0.25, 0.3) is 10.9 Å². The van der Waals surface area contributed by atoms with E-state index in [1.807, 2.05) is 48.7 Å². The Balaban J connectivity index is 1.95. The first-order valence-corrected chi connectivity index (χ1v) is 7.86. The van der Waals surface area contributed by atoms with Gasteiger partial charge in [-0.25, -0.2) is 0 Å². The maximum Gasteiger partial charge on any atom is 0.255 e. The molecule has 0 bridgehead atoms. The molecule has 2 unspecified atom stereocenters. The Morgan fingerprint density at radius 2 is 1.83 bits per heavy atom. The molecule has 2 heterocycles. The third-order valence-electron chi connectivity index (χ3n) is 4.74. The van der Waals surface area contributed by atoms with Crippen LogP contribution in [0.1, 0.15) is 34.5 Å². The molecule has 2 amide bonds. The third-order valence-corrected chi connectivity index (χ3v) is 4.74. The molecule has 24 heavy (non-hydrogen) atoms. The van der Waals surface area contributed by atoms with Crippen molar-refractivity contribution in [3.63, 3.8) is 0 Å². The van der Waals surface area contributed by atoms with E-state index in [-0.39, 0.29) is 11.9 Å². The van der Waals surface area contributed by atoms with Crippen LogP contribution >= 0.6 is 0 Å². The first-order valence-electron chi connectivity index (χ1n) is 7.86. The van der Waals surface area contributed by atoms with E-state index in [1.54, 1.807) is 17.9 Å². The summed E-state index contributed by atoms with van der Waals surface area (Å²) in [5.41, 5.74) is 9.00. The van der Waals surface area contributed by atoms with E-state index < -0.39 is 11.9 Å². The first kappa shape index (κ1) is 14.5. The molecular formula is C19H17N3O2. The minimum atomic E-state index is -0.691. The second kappa shape index (κ2) is 5.23. The Labute approximate surface area is 139 Å². The molecular weight excluding hydrogens is 302 g/mol. The number of nitrogens with zero attached hydrogens (tertiary/aromatic N) is 1. The van der Waals surface area contributed by atoms with Crippen LogP contribution in [0.3, 0.4) is 0 Å². The number of rotatable bonds is 3. The number of carbonyl (C=O) groups excluding carboxylic acids is 2. The summed E-state index contributed by atoms with van der Waals surface area (Å²) >= 11 is 0. The van der Waals surface area contributed by atoms with Crippen molar-refractivity contribution in [3.05, 3.63) is 71.4 Å². The molecule has 1 aromatic heterocycles. The van der Waals surface area contributed by atoms with Gasteiger partial charge in [-0.2, -0.15) is 0 Å². The highest BCUT2D eigenvalue weighted by molar-refractivity contribution is 6.03. The molecule has 0 aliphatic carbocycles. The van der Waals surface area contributed by atoms with Crippen LogP contribution in [-0.4, -0.2) is 27.7 Å². The average Bonchev–Trinajstić information content (AvgIpc) is 3.13. The lowest BCUT2D eigenvalue weighted by Gasteiger charge is -2.29. The van der Waals surface area contributed by atoms with Crippen molar-refractivity contribution in [2.45, 2.75) is 19.0 Å². The summed E-state index contributed by atoms with van der Waals surface area (Å²) < 4.78 is 0. The Morgan fingerprint density at radius 1 is 1.12 bits per heavy atom. The predicted octanol–water partition coefficient (Wildman–Crippen LogP) is 2.59. The Hall–Kier alpha value is -3.08. The fourth-order valence-corrected chi connectivity index (χ4v) is 3.51. The Kier molecular flexibility index (Phi) is 3.16. The second-order valence-corrected chi connectivity index (χ2v) is 6.07. The van der Waals surface area contributed by atoms with E-state index in [9.17, 15) is 9.59 Å². The summed E-state index contributed by atoms with van der Waals surface area (Å²) in [5.74, 6) is -0.673. The smallest absolute Gasteiger partial charge is 0.255 e. The summed E-state index contributed by atoms with van der Waals surface area (Å²) in [4.78, 5) is 29.5. The zero-order valence-corrected chi connectivity index (χ0v) is 13.2. The summed E-state index contributed by atoms with van der Waals surface area (Å²) in [6.45, 7) is 1.67. The van der Waals surface area contributed by atoms with Gasteiger partial charge >= 0.3 is 0 Å². The molecule has 1 aliphatic rings. The highest BCUT2D eigenvalue weighted by atomic mass is 16.2. The van der Waals surface area contributed by atoms with E-state index in [2.05, 4.69) is 4.98 Å². The molecule has 3 N–H and O–H groups in total. The minimum Gasteiger partial charge on any atom is -0.368 e. The van der Waals surface area contributed by atoms with Crippen molar-refractivity contribution in [3.8, 4) is 0 Å². The van der Waals surface area contributed by atoms with Crippen LogP contribution < -0.4 is 5.73 Å². The number of nitrogens with two attached hydrogens (primary N) is 1. The van der Waals surface area contributed by atoms with E-state index in [0.717, 1.165) is 22.0 Å². The number of benzene rings is 2. The quantitative estimate of drug-likeness (QED) is 0.778. The van der Waals surface area contributed by atoms with Gasteiger partial charge in [0.25, 0.3) is 5.91 Å². The highest BCUT2D eigenvalue weighted by Gasteiger charge is 2.42. The molecule has 2 atom stereocenters. The molecule has 5 heteroatoms. The lowest BCUT2D eigenvalue weighted by molar-refractivity contribution is -0.122. The van der Waals surface area contributed by atoms with E-state index in [1.165, 1.54) is 0 Å². The zero-order valence-electron chi connectivity index (χ0n) is 13.2. The van der Waals surface area contributed by atoms with Gasteiger partial charge in [0, 0.05) is 28.2 Å². The molecule has 3 aromatic rings. The number of carbonyl (C=O) groups is 2. The van der Waals surface area contributed by atoms with E-state index in [0.29, 0.717) is 5.56 Å². The first-order chi connectivity index (χ1) is 11.6. The second-order valence-electron chi connectivity index (χ2n) is 6.07. The fourth-order valence-electron chi connectivity index (χ4n) is 3.51. The third kappa shape index (κ3) is 1.94. The number of aromatic nitrogens is 1. The number of aromatic amines is 1. The summed E-state index contributed by atoms with van der Waals surface area (Å²) in [6.07, 6.45) is 1.91. The number of H-pyrrole nitrogens is 1. The monoisotopic (exact) mass is 319 g/mol. The molecule has 0 saturated heterocycles. The summed E-state index contributed by atoms with van der Waals surface area (Å²) in [6, 6.07) is 14.4.